The third-order valence-corrected chi connectivity index (χ3v) is 10.2. The molecule has 7 atom stereocenters. The summed E-state index contributed by atoms with van der Waals surface area (Å²) in [5, 5.41) is 44.5. The van der Waals surface area contributed by atoms with Crippen molar-refractivity contribution in [2.24, 2.45) is 5.73 Å². The highest BCUT2D eigenvalue weighted by molar-refractivity contribution is 5.95. The highest BCUT2D eigenvalue weighted by Crippen LogP contribution is 2.39. The molecule has 2 aromatic carbocycles. The molecule has 15 heteroatoms. The van der Waals surface area contributed by atoms with Crippen LogP contribution in [0.15, 0.2) is 36.4 Å². The van der Waals surface area contributed by atoms with Gasteiger partial charge in [0.05, 0.1) is 18.7 Å². The van der Waals surface area contributed by atoms with Crippen LogP contribution in [-0.4, -0.2) is 106 Å². The Bertz CT molecular complexity index is 1670. The van der Waals surface area contributed by atoms with Gasteiger partial charge in [-0.3, -0.25) is 29.3 Å². The van der Waals surface area contributed by atoms with Crippen LogP contribution in [0.4, 0.5) is 0 Å². The number of Topliss-reactive ketones (excluding diaryl/α,β-unsaturated/α-hetero) is 1. The summed E-state index contributed by atoms with van der Waals surface area (Å²) in [5.41, 5.74) is 6.93. The van der Waals surface area contributed by atoms with Crippen molar-refractivity contribution >= 4 is 29.4 Å². The summed E-state index contributed by atoms with van der Waals surface area (Å²) in [6.45, 7) is 5.85. The predicted octanol–water partition coefficient (Wildman–Crippen LogP) is 2.05. The van der Waals surface area contributed by atoms with Gasteiger partial charge in [0.25, 0.3) is 0 Å². The van der Waals surface area contributed by atoms with Crippen molar-refractivity contribution in [3.05, 3.63) is 47.5 Å². The third kappa shape index (κ3) is 12.0. The Labute approximate surface area is 322 Å². The summed E-state index contributed by atoms with van der Waals surface area (Å²) in [5.74, 6) is -2.84. The molecule has 2 aliphatic heterocycles. The highest BCUT2D eigenvalue weighted by Gasteiger charge is 2.38. The van der Waals surface area contributed by atoms with Gasteiger partial charge in [-0.1, -0.05) is 44.7 Å². The standard InChI is InChI=1S/C40H58N6O9/c1-5-6-7-8-9-13-34(49)44-29(12-10-11-18-41)40(54)46(4)35-26-15-17-32(48)28(21-26)27-19-25(14-16-31(27)47)20-30(45-37(51)24(3)43-39(35)53)38(52)42-23(2)36(50)33-22-55-33/h14-17,19,21,23-24,29-30,33,35,38,42,47-48,52H,5-13,18,20,22,41H2,1-4H3,(H,43,53)(H,44,49)(H,45,51)/t23-,24-,29-,30-,33?,35-,38?/m0/s1. The van der Waals surface area contributed by atoms with Crippen molar-refractivity contribution in [3.8, 4) is 22.6 Å². The molecule has 0 aromatic heterocycles. The fourth-order valence-corrected chi connectivity index (χ4v) is 6.80. The Kier molecular flexibility index (Phi) is 16.0. The van der Waals surface area contributed by atoms with Gasteiger partial charge in [0, 0.05) is 24.6 Å². The first-order chi connectivity index (χ1) is 26.2. The number of epoxide rings is 1. The van der Waals surface area contributed by atoms with Crippen LogP contribution in [0.2, 0.25) is 0 Å². The molecule has 55 heavy (non-hydrogen) atoms. The second-order valence-corrected chi connectivity index (χ2v) is 14.7. The maximum atomic E-state index is 14.3. The Hall–Kier alpha value is -4.57. The van der Waals surface area contributed by atoms with Gasteiger partial charge in [0.15, 0.2) is 5.78 Å². The molecule has 0 radical (unpaired) electrons. The summed E-state index contributed by atoms with van der Waals surface area (Å²) in [6, 6.07) is 3.66. The molecule has 0 saturated carbocycles. The minimum Gasteiger partial charge on any atom is -0.507 e. The second-order valence-electron chi connectivity index (χ2n) is 14.7. The number of phenolic OH excluding ortho intramolecular Hbond substituents is 2. The zero-order valence-corrected chi connectivity index (χ0v) is 32.3. The summed E-state index contributed by atoms with van der Waals surface area (Å²) in [7, 11) is 1.44. The first kappa shape index (κ1) is 43.2. The zero-order chi connectivity index (χ0) is 40.2. The third-order valence-electron chi connectivity index (χ3n) is 10.2. The highest BCUT2D eigenvalue weighted by atomic mass is 16.6. The lowest BCUT2D eigenvalue weighted by Gasteiger charge is -2.33. The van der Waals surface area contributed by atoms with Gasteiger partial charge in [-0.15, -0.1) is 0 Å². The number of aromatic hydroxyl groups is 2. The van der Waals surface area contributed by atoms with Crippen molar-refractivity contribution in [1.82, 2.24) is 26.2 Å². The molecule has 1 saturated heterocycles. The minimum absolute atomic E-state index is 0.0328. The van der Waals surface area contributed by atoms with Crippen LogP contribution in [-0.2, 0) is 35.1 Å². The number of unbranched alkanes of at least 4 members (excludes halogenated alkanes) is 5. The van der Waals surface area contributed by atoms with E-state index in [1.807, 2.05) is 0 Å². The Morgan fingerprint density at radius 3 is 2.31 bits per heavy atom. The molecule has 9 N–H and O–H groups in total. The second kappa shape index (κ2) is 20.4. The molecule has 2 aromatic rings. The van der Waals surface area contributed by atoms with E-state index in [2.05, 4.69) is 28.2 Å². The number of phenols is 2. The molecule has 4 amide bonds. The number of fused-ring (bicyclic) bond motifs is 5. The molecule has 2 heterocycles. The molecule has 0 aliphatic carbocycles. The van der Waals surface area contributed by atoms with Crippen molar-refractivity contribution in [2.75, 3.05) is 20.2 Å². The SMILES string of the molecule is CCCCCCCC(=O)N[C@@H](CCCCN)C(=O)N(C)[C@@H]1C(=O)N[C@@H](C)C(=O)N[C@H](C(O)N[C@@H](C)C(=O)C2CO2)Cc2ccc(O)c(c2)-c2cc1ccc2O. The number of carbonyl (C=O) groups excluding carboxylic acids is 5. The fraction of sp³-hybridized carbons (Fsp3) is 0.575. The first-order valence-corrected chi connectivity index (χ1v) is 19.4. The van der Waals surface area contributed by atoms with E-state index in [9.17, 15) is 39.3 Å². The van der Waals surface area contributed by atoms with Gasteiger partial charge in [0.1, 0.15) is 42.0 Å². The van der Waals surface area contributed by atoms with Crippen LogP contribution >= 0.6 is 0 Å². The quantitative estimate of drug-likeness (QED) is 0.0621. The summed E-state index contributed by atoms with van der Waals surface area (Å²) < 4.78 is 5.09. The van der Waals surface area contributed by atoms with Gasteiger partial charge < -0.3 is 46.6 Å². The Morgan fingerprint density at radius 2 is 1.64 bits per heavy atom. The number of nitrogens with two attached hydrogens (primary N) is 1. The van der Waals surface area contributed by atoms with Crippen molar-refractivity contribution < 1.29 is 44.0 Å². The smallest absolute Gasteiger partial charge is 0.248 e. The van der Waals surface area contributed by atoms with E-state index in [4.69, 9.17) is 10.5 Å². The van der Waals surface area contributed by atoms with Gasteiger partial charge in [-0.05, 0) is 87.9 Å². The van der Waals surface area contributed by atoms with Gasteiger partial charge in [-0.25, -0.2) is 0 Å². The topological polar surface area (TPSA) is 236 Å². The predicted molar refractivity (Wildman–Crippen MR) is 206 cm³/mol. The molecule has 4 bridgehead atoms. The molecule has 302 valence electrons. The maximum absolute atomic E-state index is 14.3. The summed E-state index contributed by atoms with van der Waals surface area (Å²) in [4.78, 5) is 69.0. The fourth-order valence-electron chi connectivity index (χ4n) is 6.80. The number of amides is 4. The van der Waals surface area contributed by atoms with Crippen LogP contribution in [0.5, 0.6) is 11.5 Å². The minimum atomic E-state index is -1.43. The average Bonchev–Trinajstić information content (AvgIpc) is 4.00. The first-order valence-electron chi connectivity index (χ1n) is 19.4. The number of nitrogens with one attached hydrogen (secondary N) is 4. The van der Waals surface area contributed by atoms with E-state index in [1.54, 1.807) is 19.1 Å². The van der Waals surface area contributed by atoms with Crippen molar-refractivity contribution in [3.63, 3.8) is 0 Å². The van der Waals surface area contributed by atoms with E-state index in [0.29, 0.717) is 38.0 Å². The number of likely N-dealkylation sites (N-methyl/N-ethyl adjacent to an activating group) is 1. The number of hydrogen-bond acceptors (Lipinski definition) is 11. The number of carbonyl (C=O) groups is 5. The van der Waals surface area contributed by atoms with Crippen LogP contribution in [0.3, 0.4) is 0 Å². The molecule has 4 rings (SSSR count). The monoisotopic (exact) mass is 766 g/mol. The molecule has 1 fully saturated rings. The van der Waals surface area contributed by atoms with Crippen molar-refractivity contribution in [2.45, 2.75) is 128 Å². The molecule has 2 aliphatic rings. The summed E-state index contributed by atoms with van der Waals surface area (Å²) >= 11 is 0. The number of rotatable bonds is 18. The largest absolute Gasteiger partial charge is 0.507 e. The lowest BCUT2D eigenvalue weighted by atomic mass is 9.93. The van der Waals surface area contributed by atoms with E-state index in [-0.39, 0.29) is 59.1 Å². The van der Waals surface area contributed by atoms with Crippen LogP contribution in [0, 0.1) is 0 Å². The maximum Gasteiger partial charge on any atom is 0.248 e. The number of aliphatic hydroxyl groups excluding tert-OH is 1. The number of hydrogen-bond donors (Lipinski definition) is 8. The van der Waals surface area contributed by atoms with Gasteiger partial charge >= 0.3 is 0 Å². The van der Waals surface area contributed by atoms with E-state index < -0.39 is 60.3 Å². The van der Waals surface area contributed by atoms with Crippen LogP contribution in [0.1, 0.15) is 95.7 Å². The molecule has 2 unspecified atom stereocenters. The van der Waals surface area contributed by atoms with Crippen molar-refractivity contribution in [1.29, 1.82) is 0 Å². The van der Waals surface area contributed by atoms with Crippen LogP contribution < -0.4 is 27.0 Å². The molecular formula is C40H58N6O9. The summed E-state index contributed by atoms with van der Waals surface area (Å²) in [6.07, 6.45) is 4.51. The molecular weight excluding hydrogens is 708 g/mol. The van der Waals surface area contributed by atoms with E-state index in [1.165, 1.54) is 43.1 Å². The number of nitrogens with zero attached hydrogens (tertiary/aromatic N) is 1. The number of ether oxygens (including phenoxy) is 1. The normalized spacial score (nSPS) is 21.3. The lowest BCUT2D eigenvalue weighted by molar-refractivity contribution is -0.143. The van der Waals surface area contributed by atoms with E-state index >= 15 is 0 Å². The van der Waals surface area contributed by atoms with Crippen LogP contribution in [0.25, 0.3) is 11.1 Å². The Balaban J connectivity index is 1.69. The zero-order valence-electron chi connectivity index (χ0n) is 32.3. The number of benzene rings is 2. The van der Waals surface area contributed by atoms with Gasteiger partial charge in [-0.2, -0.15) is 0 Å². The number of aliphatic hydroxyl groups is 1. The molecule has 15 nitrogen and oxygen atoms in total. The van der Waals surface area contributed by atoms with Gasteiger partial charge in [0.2, 0.25) is 23.6 Å². The Morgan fingerprint density at radius 1 is 0.964 bits per heavy atom. The average molecular weight is 767 g/mol. The lowest BCUT2D eigenvalue weighted by Crippen LogP contribution is -2.58. The molecule has 0 spiro atoms. The number of ketones is 1. The van der Waals surface area contributed by atoms with E-state index in [0.717, 1.165) is 25.7 Å².